The summed E-state index contributed by atoms with van der Waals surface area (Å²) in [5.41, 5.74) is 3.34. The van der Waals surface area contributed by atoms with Crippen LogP contribution in [0.1, 0.15) is 75.8 Å². The lowest BCUT2D eigenvalue weighted by atomic mass is 9.94. The highest BCUT2D eigenvalue weighted by molar-refractivity contribution is 5.71. The van der Waals surface area contributed by atoms with E-state index in [-0.39, 0.29) is 23.6 Å². The molecule has 0 aliphatic carbocycles. The zero-order valence-electron chi connectivity index (χ0n) is 23.0. The summed E-state index contributed by atoms with van der Waals surface area (Å²) in [4.78, 5) is 0. The molecular formula is C34H39F3O2. The second-order valence-electron chi connectivity index (χ2n) is 10.3. The highest BCUT2D eigenvalue weighted by atomic mass is 19.2. The minimum atomic E-state index is -0.815. The molecule has 1 aliphatic rings. The molecule has 5 heteroatoms. The molecule has 1 saturated heterocycles. The Morgan fingerprint density at radius 2 is 1.49 bits per heavy atom. The quantitative estimate of drug-likeness (QED) is 0.169. The Bertz CT molecular complexity index is 1230. The first-order chi connectivity index (χ1) is 19.0. The van der Waals surface area contributed by atoms with E-state index in [1.807, 2.05) is 31.2 Å². The van der Waals surface area contributed by atoms with Crippen molar-refractivity contribution < 1.29 is 22.6 Å². The van der Waals surface area contributed by atoms with Crippen molar-refractivity contribution in [2.45, 2.75) is 77.4 Å². The zero-order valence-corrected chi connectivity index (χ0v) is 23.0. The lowest BCUT2D eigenvalue weighted by molar-refractivity contribution is -0.189. The Morgan fingerprint density at radius 3 is 2.18 bits per heavy atom. The fourth-order valence-electron chi connectivity index (χ4n) is 5.09. The Kier molecular flexibility index (Phi) is 10.8. The Hall–Kier alpha value is -2.89. The van der Waals surface area contributed by atoms with Gasteiger partial charge in [-0.15, -0.1) is 0 Å². The maximum Gasteiger partial charge on any atom is 0.166 e. The van der Waals surface area contributed by atoms with Gasteiger partial charge in [-0.25, -0.2) is 13.2 Å². The largest absolute Gasteiger partial charge is 0.352 e. The van der Waals surface area contributed by atoms with Crippen molar-refractivity contribution in [2.75, 3.05) is 13.2 Å². The molecule has 0 spiro atoms. The van der Waals surface area contributed by atoms with Crippen LogP contribution in [0, 0.1) is 17.5 Å². The number of halogens is 3. The molecule has 1 aliphatic heterocycles. The van der Waals surface area contributed by atoms with Gasteiger partial charge >= 0.3 is 0 Å². The van der Waals surface area contributed by atoms with Crippen LogP contribution in [0.5, 0.6) is 0 Å². The number of aryl methyl sites for hydroxylation is 1. The first-order valence-electron chi connectivity index (χ1n) is 14.2. The van der Waals surface area contributed by atoms with Gasteiger partial charge in [-0.1, -0.05) is 93.3 Å². The Balaban J connectivity index is 1.39. The SMILES string of the molecule is C/C=C/CCC1OCC(c2ccc(-c3ccc(-c4ccc(CCCCCCC)c(F)c4F)cc3)cc2F)CO1. The van der Waals surface area contributed by atoms with Crippen LogP contribution in [0.4, 0.5) is 13.2 Å². The van der Waals surface area contributed by atoms with Crippen LogP contribution in [0.3, 0.4) is 0 Å². The number of rotatable bonds is 12. The van der Waals surface area contributed by atoms with Gasteiger partial charge in [0.1, 0.15) is 5.82 Å². The maximum absolute atomic E-state index is 15.1. The summed E-state index contributed by atoms with van der Waals surface area (Å²) in [6, 6.07) is 15.6. The van der Waals surface area contributed by atoms with E-state index in [2.05, 4.69) is 13.0 Å². The van der Waals surface area contributed by atoms with Crippen LogP contribution < -0.4 is 0 Å². The number of allylic oxidation sites excluding steroid dienone is 2. The molecule has 1 heterocycles. The molecule has 0 saturated carbocycles. The summed E-state index contributed by atoms with van der Waals surface area (Å²) < 4.78 is 56.4. The molecule has 0 bridgehead atoms. The molecule has 0 amide bonds. The van der Waals surface area contributed by atoms with E-state index in [4.69, 9.17) is 9.47 Å². The molecule has 0 aromatic heterocycles. The smallest absolute Gasteiger partial charge is 0.166 e. The highest BCUT2D eigenvalue weighted by Crippen LogP contribution is 2.32. The second-order valence-corrected chi connectivity index (χ2v) is 10.3. The molecule has 2 nitrogen and oxygen atoms in total. The molecule has 1 fully saturated rings. The van der Waals surface area contributed by atoms with Gasteiger partial charge in [0.2, 0.25) is 0 Å². The van der Waals surface area contributed by atoms with Crippen molar-refractivity contribution in [3.05, 3.63) is 95.3 Å². The van der Waals surface area contributed by atoms with Crippen LogP contribution >= 0.6 is 0 Å². The summed E-state index contributed by atoms with van der Waals surface area (Å²) in [6.45, 7) is 4.98. The van der Waals surface area contributed by atoms with Crippen LogP contribution in [0.2, 0.25) is 0 Å². The molecule has 0 radical (unpaired) electrons. The topological polar surface area (TPSA) is 18.5 Å². The van der Waals surface area contributed by atoms with E-state index in [0.29, 0.717) is 36.3 Å². The second kappa shape index (κ2) is 14.5. The molecule has 208 valence electrons. The van der Waals surface area contributed by atoms with Gasteiger partial charge in [-0.05, 0) is 60.1 Å². The van der Waals surface area contributed by atoms with Crippen molar-refractivity contribution in [3.8, 4) is 22.3 Å². The standard InChI is InChI=1S/C34H39F3O2/c1-3-5-7-8-10-11-26-17-20-30(34(37)33(26)36)25-15-13-24(14-16-25)27-18-19-29(31(35)21-27)28-22-38-32(39-23-28)12-9-6-4-2/h4,6,13-21,28,32H,3,5,7-12,22-23H2,1-2H3/b6-4+. The van der Waals surface area contributed by atoms with Gasteiger partial charge in [0.05, 0.1) is 13.2 Å². The summed E-state index contributed by atoms with van der Waals surface area (Å²) >= 11 is 0. The van der Waals surface area contributed by atoms with Gasteiger partial charge < -0.3 is 9.47 Å². The van der Waals surface area contributed by atoms with Gasteiger partial charge in [0, 0.05) is 17.9 Å². The molecule has 0 N–H and O–H groups in total. The zero-order chi connectivity index (χ0) is 27.6. The predicted octanol–water partition coefficient (Wildman–Crippen LogP) is 9.76. The third-order valence-corrected chi connectivity index (χ3v) is 7.45. The van der Waals surface area contributed by atoms with Gasteiger partial charge in [0.25, 0.3) is 0 Å². The minimum absolute atomic E-state index is 0.156. The number of benzene rings is 3. The average Bonchev–Trinajstić information content (AvgIpc) is 2.96. The van der Waals surface area contributed by atoms with Crippen molar-refractivity contribution in [1.29, 1.82) is 0 Å². The summed E-state index contributed by atoms with van der Waals surface area (Å²) in [6.07, 6.45) is 11.4. The number of hydrogen-bond donors (Lipinski definition) is 0. The lowest BCUT2D eigenvalue weighted by Gasteiger charge is -2.29. The van der Waals surface area contributed by atoms with Gasteiger partial charge in [-0.3, -0.25) is 0 Å². The van der Waals surface area contributed by atoms with Crippen LogP contribution in [-0.2, 0) is 15.9 Å². The molecule has 4 rings (SSSR count). The number of ether oxygens (including phenoxy) is 2. The van der Waals surface area contributed by atoms with E-state index in [1.54, 1.807) is 30.3 Å². The monoisotopic (exact) mass is 536 g/mol. The van der Waals surface area contributed by atoms with Crippen molar-refractivity contribution in [2.24, 2.45) is 0 Å². The van der Waals surface area contributed by atoms with E-state index >= 15 is 4.39 Å². The third-order valence-electron chi connectivity index (χ3n) is 7.45. The fraction of sp³-hybridized carbons (Fsp3) is 0.412. The lowest BCUT2D eigenvalue weighted by Crippen LogP contribution is -2.31. The normalized spacial score (nSPS) is 17.7. The fourth-order valence-corrected chi connectivity index (χ4v) is 5.09. The van der Waals surface area contributed by atoms with Crippen molar-refractivity contribution in [1.82, 2.24) is 0 Å². The van der Waals surface area contributed by atoms with Crippen molar-refractivity contribution >= 4 is 0 Å². The Morgan fingerprint density at radius 1 is 0.795 bits per heavy atom. The van der Waals surface area contributed by atoms with Gasteiger partial charge in [0.15, 0.2) is 17.9 Å². The summed E-state index contributed by atoms with van der Waals surface area (Å²) in [5.74, 6) is -2.04. The number of unbranched alkanes of at least 4 members (excludes halogenated alkanes) is 4. The summed E-state index contributed by atoms with van der Waals surface area (Å²) in [5, 5.41) is 0. The highest BCUT2D eigenvalue weighted by Gasteiger charge is 2.25. The van der Waals surface area contributed by atoms with E-state index in [9.17, 15) is 8.78 Å². The van der Waals surface area contributed by atoms with E-state index < -0.39 is 11.6 Å². The van der Waals surface area contributed by atoms with E-state index in [1.165, 1.54) is 12.5 Å². The third kappa shape index (κ3) is 7.61. The predicted molar refractivity (Wildman–Crippen MR) is 152 cm³/mol. The van der Waals surface area contributed by atoms with E-state index in [0.717, 1.165) is 49.7 Å². The Labute approximate surface area is 230 Å². The molecular weight excluding hydrogens is 497 g/mol. The summed E-state index contributed by atoms with van der Waals surface area (Å²) in [7, 11) is 0. The van der Waals surface area contributed by atoms with Crippen LogP contribution in [0.25, 0.3) is 22.3 Å². The number of hydrogen-bond acceptors (Lipinski definition) is 2. The van der Waals surface area contributed by atoms with Gasteiger partial charge in [-0.2, -0.15) is 0 Å². The first kappa shape index (κ1) is 29.1. The van der Waals surface area contributed by atoms with Crippen LogP contribution in [0.15, 0.2) is 66.7 Å². The molecule has 3 aromatic carbocycles. The average molecular weight is 537 g/mol. The first-order valence-corrected chi connectivity index (χ1v) is 14.2. The van der Waals surface area contributed by atoms with Crippen molar-refractivity contribution in [3.63, 3.8) is 0 Å². The molecule has 0 unspecified atom stereocenters. The minimum Gasteiger partial charge on any atom is -0.352 e. The maximum atomic E-state index is 15.1. The molecule has 3 aromatic rings. The molecule has 0 atom stereocenters. The molecule has 39 heavy (non-hydrogen) atoms. The van der Waals surface area contributed by atoms with Crippen LogP contribution in [-0.4, -0.2) is 19.5 Å².